The Bertz CT molecular complexity index is 603. The second-order valence-electron chi connectivity index (χ2n) is 4.63. The third kappa shape index (κ3) is 2.85. The van der Waals surface area contributed by atoms with Crippen molar-refractivity contribution in [1.82, 2.24) is 0 Å². The normalized spacial score (nSPS) is 12.5. The second-order valence-corrected chi connectivity index (χ2v) is 5.48. The highest BCUT2D eigenvalue weighted by Gasteiger charge is 2.17. The van der Waals surface area contributed by atoms with E-state index >= 15 is 0 Å². The van der Waals surface area contributed by atoms with Gasteiger partial charge < -0.3 is 5.73 Å². The van der Waals surface area contributed by atoms with Gasteiger partial charge in [-0.15, -0.1) is 0 Å². The van der Waals surface area contributed by atoms with E-state index in [9.17, 15) is 8.78 Å². The zero-order chi connectivity index (χ0) is 14.2. The summed E-state index contributed by atoms with van der Waals surface area (Å²) in [5.41, 5.74) is 8.87. The summed E-state index contributed by atoms with van der Waals surface area (Å²) in [6.07, 6.45) is 0. The van der Waals surface area contributed by atoms with Crippen LogP contribution in [0.25, 0.3) is 0 Å². The summed E-state index contributed by atoms with van der Waals surface area (Å²) in [7, 11) is 0. The maximum Gasteiger partial charge on any atom is 0.137 e. The number of hydrogen-bond donors (Lipinski definition) is 1. The molecule has 100 valence electrons. The van der Waals surface area contributed by atoms with Crippen molar-refractivity contribution < 1.29 is 8.78 Å². The molecule has 2 aromatic carbocycles. The van der Waals surface area contributed by atoms with Gasteiger partial charge in [0, 0.05) is 5.56 Å². The third-order valence-electron chi connectivity index (χ3n) is 3.09. The lowest BCUT2D eigenvalue weighted by molar-refractivity contribution is 0.594. The van der Waals surface area contributed by atoms with Crippen LogP contribution in [0.4, 0.5) is 8.78 Å². The summed E-state index contributed by atoms with van der Waals surface area (Å²) in [5.74, 6) is -0.692. The Kier molecular flexibility index (Phi) is 4.02. The Morgan fingerprint density at radius 2 is 1.74 bits per heavy atom. The van der Waals surface area contributed by atoms with Crippen LogP contribution in [-0.2, 0) is 0 Å². The minimum atomic E-state index is -0.613. The smallest absolute Gasteiger partial charge is 0.137 e. The van der Waals surface area contributed by atoms with Crippen LogP contribution < -0.4 is 5.73 Å². The molecule has 1 unspecified atom stereocenters. The molecule has 2 N–H and O–H groups in total. The summed E-state index contributed by atoms with van der Waals surface area (Å²) in [4.78, 5) is 0. The Hall–Kier alpha value is -1.26. The molecule has 0 radical (unpaired) electrons. The van der Waals surface area contributed by atoms with E-state index in [-0.39, 0.29) is 11.6 Å². The van der Waals surface area contributed by atoms with E-state index in [2.05, 4.69) is 15.9 Å². The Morgan fingerprint density at radius 1 is 1.05 bits per heavy atom. The highest BCUT2D eigenvalue weighted by Crippen LogP contribution is 2.28. The van der Waals surface area contributed by atoms with Gasteiger partial charge in [0.2, 0.25) is 0 Å². The molecule has 1 atom stereocenters. The van der Waals surface area contributed by atoms with Gasteiger partial charge in [0.15, 0.2) is 0 Å². The minimum Gasteiger partial charge on any atom is -0.320 e. The lowest BCUT2D eigenvalue weighted by atomic mass is 9.94. The fraction of sp³-hybridized carbons (Fsp3) is 0.200. The largest absolute Gasteiger partial charge is 0.320 e. The Morgan fingerprint density at radius 3 is 2.32 bits per heavy atom. The SMILES string of the molecule is Cc1cc(C)c(C(N)c2ccc(F)c(Br)c2)c(F)c1. The van der Waals surface area contributed by atoms with Crippen LogP contribution in [0, 0.1) is 25.5 Å². The fourth-order valence-electron chi connectivity index (χ4n) is 2.19. The number of benzene rings is 2. The number of hydrogen-bond acceptors (Lipinski definition) is 1. The van der Waals surface area contributed by atoms with Gasteiger partial charge >= 0.3 is 0 Å². The highest BCUT2D eigenvalue weighted by molar-refractivity contribution is 9.10. The van der Waals surface area contributed by atoms with E-state index in [0.29, 0.717) is 15.6 Å². The van der Waals surface area contributed by atoms with Gasteiger partial charge in [0.1, 0.15) is 11.6 Å². The summed E-state index contributed by atoms with van der Waals surface area (Å²) < 4.78 is 27.6. The molecular formula is C15H14BrF2N. The molecular weight excluding hydrogens is 312 g/mol. The van der Waals surface area contributed by atoms with Crippen molar-refractivity contribution in [3.63, 3.8) is 0 Å². The molecule has 0 aliphatic rings. The van der Waals surface area contributed by atoms with Crippen LogP contribution in [0.5, 0.6) is 0 Å². The molecule has 0 saturated carbocycles. The quantitative estimate of drug-likeness (QED) is 0.870. The van der Waals surface area contributed by atoms with Gasteiger partial charge in [-0.3, -0.25) is 0 Å². The molecule has 0 amide bonds. The minimum absolute atomic E-state index is 0.325. The van der Waals surface area contributed by atoms with Crippen molar-refractivity contribution in [1.29, 1.82) is 0 Å². The second kappa shape index (κ2) is 5.39. The lowest BCUT2D eigenvalue weighted by Gasteiger charge is -2.17. The molecule has 0 saturated heterocycles. The van der Waals surface area contributed by atoms with Crippen molar-refractivity contribution in [3.05, 3.63) is 68.7 Å². The monoisotopic (exact) mass is 325 g/mol. The molecule has 2 rings (SSSR count). The number of rotatable bonds is 2. The number of nitrogens with two attached hydrogens (primary N) is 1. The topological polar surface area (TPSA) is 26.0 Å². The average Bonchev–Trinajstić information content (AvgIpc) is 2.31. The molecule has 0 spiro atoms. The standard InChI is InChI=1S/C15H14BrF2N/c1-8-5-9(2)14(13(18)6-8)15(19)10-3-4-12(17)11(16)7-10/h3-7,15H,19H2,1-2H3. The zero-order valence-corrected chi connectivity index (χ0v) is 12.3. The van der Waals surface area contributed by atoms with Gasteiger partial charge in [-0.05, 0) is 64.7 Å². The van der Waals surface area contributed by atoms with Gasteiger partial charge in [-0.1, -0.05) is 12.1 Å². The van der Waals surface area contributed by atoms with E-state index in [1.165, 1.54) is 12.1 Å². The average molecular weight is 326 g/mol. The molecule has 0 heterocycles. The van der Waals surface area contributed by atoms with Gasteiger partial charge in [0.05, 0.1) is 10.5 Å². The van der Waals surface area contributed by atoms with Crippen molar-refractivity contribution in [2.75, 3.05) is 0 Å². The predicted octanol–water partition coefficient (Wildman–Crippen LogP) is 4.39. The Balaban J connectivity index is 2.49. The van der Waals surface area contributed by atoms with Crippen LogP contribution in [0.2, 0.25) is 0 Å². The molecule has 0 fully saturated rings. The van der Waals surface area contributed by atoms with Crippen molar-refractivity contribution in [2.24, 2.45) is 5.73 Å². The molecule has 19 heavy (non-hydrogen) atoms. The molecule has 1 nitrogen and oxygen atoms in total. The Labute approximate surface area is 119 Å². The van der Waals surface area contributed by atoms with Crippen molar-refractivity contribution in [2.45, 2.75) is 19.9 Å². The molecule has 4 heteroatoms. The predicted molar refractivity (Wildman–Crippen MR) is 76.0 cm³/mol. The van der Waals surface area contributed by atoms with E-state index in [1.807, 2.05) is 19.9 Å². The first-order chi connectivity index (χ1) is 8.90. The fourth-order valence-corrected chi connectivity index (χ4v) is 2.59. The first-order valence-electron chi connectivity index (χ1n) is 5.87. The third-order valence-corrected chi connectivity index (χ3v) is 3.70. The number of halogens is 3. The maximum absolute atomic E-state index is 14.1. The van der Waals surface area contributed by atoms with Crippen molar-refractivity contribution >= 4 is 15.9 Å². The number of aryl methyl sites for hydroxylation is 2. The first kappa shape index (κ1) is 14.2. The summed E-state index contributed by atoms with van der Waals surface area (Å²) in [6.45, 7) is 3.66. The van der Waals surface area contributed by atoms with Gasteiger partial charge in [0.25, 0.3) is 0 Å². The maximum atomic E-state index is 14.1. The van der Waals surface area contributed by atoms with Gasteiger partial charge in [-0.25, -0.2) is 8.78 Å². The molecule has 2 aromatic rings. The lowest BCUT2D eigenvalue weighted by Crippen LogP contribution is -2.15. The molecule has 0 aromatic heterocycles. The van der Waals surface area contributed by atoms with Crippen LogP contribution in [0.3, 0.4) is 0 Å². The van der Waals surface area contributed by atoms with Crippen LogP contribution in [0.15, 0.2) is 34.8 Å². The zero-order valence-electron chi connectivity index (χ0n) is 10.7. The molecule has 0 bridgehead atoms. The van der Waals surface area contributed by atoms with E-state index in [4.69, 9.17) is 5.73 Å². The van der Waals surface area contributed by atoms with Crippen LogP contribution in [-0.4, -0.2) is 0 Å². The first-order valence-corrected chi connectivity index (χ1v) is 6.66. The molecule has 0 aliphatic heterocycles. The van der Waals surface area contributed by atoms with E-state index < -0.39 is 6.04 Å². The summed E-state index contributed by atoms with van der Waals surface area (Å²) in [5, 5.41) is 0. The summed E-state index contributed by atoms with van der Waals surface area (Å²) in [6, 6.07) is 7.21. The molecule has 0 aliphatic carbocycles. The van der Waals surface area contributed by atoms with E-state index in [1.54, 1.807) is 12.1 Å². The van der Waals surface area contributed by atoms with Crippen LogP contribution in [0.1, 0.15) is 28.3 Å². The summed E-state index contributed by atoms with van der Waals surface area (Å²) >= 11 is 3.11. The van der Waals surface area contributed by atoms with Crippen molar-refractivity contribution in [3.8, 4) is 0 Å². The van der Waals surface area contributed by atoms with Crippen LogP contribution >= 0.6 is 15.9 Å². The highest BCUT2D eigenvalue weighted by atomic mass is 79.9. The van der Waals surface area contributed by atoms with E-state index in [0.717, 1.165) is 11.1 Å². The van der Waals surface area contributed by atoms with Gasteiger partial charge in [-0.2, -0.15) is 0 Å².